The number of sulfone groups is 1. The van der Waals surface area contributed by atoms with Crippen LogP contribution in [0.25, 0.3) is 0 Å². The van der Waals surface area contributed by atoms with E-state index in [0.717, 1.165) is 31.6 Å². The van der Waals surface area contributed by atoms with Crippen LogP contribution in [0.3, 0.4) is 0 Å². The second-order valence-corrected chi connectivity index (χ2v) is 7.08. The van der Waals surface area contributed by atoms with E-state index < -0.39 is 9.84 Å². The average Bonchev–Trinajstić information content (AvgIpc) is 2.38. The Morgan fingerprint density at radius 1 is 1.32 bits per heavy atom. The number of hydrogen-bond donors (Lipinski definition) is 1. The first-order chi connectivity index (χ1) is 8.99. The van der Waals surface area contributed by atoms with Gasteiger partial charge in [0.1, 0.15) is 0 Å². The van der Waals surface area contributed by atoms with Crippen LogP contribution in [0.5, 0.6) is 0 Å². The highest BCUT2D eigenvalue weighted by Crippen LogP contribution is 2.21. The zero-order valence-electron chi connectivity index (χ0n) is 11.4. The summed E-state index contributed by atoms with van der Waals surface area (Å²) in [6.07, 6.45) is 4.58. The average molecular weight is 283 g/mol. The minimum Gasteiger partial charge on any atom is -0.382 e. The third kappa shape index (κ3) is 3.94. The monoisotopic (exact) mass is 283 g/mol. The SMILES string of the molecule is CCC1CC(Nc2ccc(S(C)(=O)=O)cc2)CCO1. The fourth-order valence-corrected chi connectivity index (χ4v) is 2.96. The summed E-state index contributed by atoms with van der Waals surface area (Å²) in [7, 11) is -3.11. The van der Waals surface area contributed by atoms with Crippen molar-refractivity contribution in [3.63, 3.8) is 0 Å². The molecule has 2 rings (SSSR count). The van der Waals surface area contributed by atoms with E-state index >= 15 is 0 Å². The number of ether oxygens (including phenoxy) is 1. The first kappa shape index (κ1) is 14.3. The van der Waals surface area contributed by atoms with Crippen molar-refractivity contribution < 1.29 is 13.2 Å². The minimum absolute atomic E-state index is 0.335. The van der Waals surface area contributed by atoms with Gasteiger partial charge in [0, 0.05) is 24.6 Å². The third-order valence-electron chi connectivity index (χ3n) is 3.48. The van der Waals surface area contributed by atoms with Crippen LogP contribution in [0.2, 0.25) is 0 Å². The smallest absolute Gasteiger partial charge is 0.175 e. The zero-order chi connectivity index (χ0) is 13.9. The molecule has 106 valence electrons. The lowest BCUT2D eigenvalue weighted by atomic mass is 10.0. The van der Waals surface area contributed by atoms with E-state index in [9.17, 15) is 8.42 Å². The van der Waals surface area contributed by atoms with Gasteiger partial charge in [-0.1, -0.05) is 6.92 Å². The van der Waals surface area contributed by atoms with Crippen LogP contribution in [0.4, 0.5) is 5.69 Å². The van der Waals surface area contributed by atoms with Gasteiger partial charge in [-0.15, -0.1) is 0 Å². The van der Waals surface area contributed by atoms with E-state index in [4.69, 9.17) is 4.74 Å². The Morgan fingerprint density at radius 2 is 2.00 bits per heavy atom. The Hall–Kier alpha value is -1.07. The van der Waals surface area contributed by atoms with Crippen molar-refractivity contribution in [1.82, 2.24) is 0 Å². The van der Waals surface area contributed by atoms with Crippen LogP contribution in [-0.4, -0.2) is 33.4 Å². The maximum atomic E-state index is 11.4. The molecule has 0 saturated carbocycles. The van der Waals surface area contributed by atoms with Gasteiger partial charge in [-0.25, -0.2) is 8.42 Å². The van der Waals surface area contributed by atoms with Crippen LogP contribution < -0.4 is 5.32 Å². The first-order valence-electron chi connectivity index (χ1n) is 6.67. The van der Waals surface area contributed by atoms with Gasteiger partial charge in [0.2, 0.25) is 0 Å². The van der Waals surface area contributed by atoms with E-state index in [1.54, 1.807) is 12.1 Å². The maximum absolute atomic E-state index is 11.4. The van der Waals surface area contributed by atoms with Crippen molar-refractivity contribution >= 4 is 15.5 Å². The summed E-state index contributed by atoms with van der Waals surface area (Å²) in [4.78, 5) is 0.358. The predicted octanol–water partition coefficient (Wildman–Crippen LogP) is 2.46. The van der Waals surface area contributed by atoms with Crippen LogP contribution in [0.15, 0.2) is 29.2 Å². The minimum atomic E-state index is -3.11. The molecule has 1 saturated heterocycles. The van der Waals surface area contributed by atoms with E-state index in [1.807, 2.05) is 12.1 Å². The van der Waals surface area contributed by atoms with Gasteiger partial charge in [0.05, 0.1) is 11.0 Å². The fraction of sp³-hybridized carbons (Fsp3) is 0.571. The lowest BCUT2D eigenvalue weighted by Crippen LogP contribution is -2.33. The molecule has 0 amide bonds. The van der Waals surface area contributed by atoms with Crippen LogP contribution >= 0.6 is 0 Å². The van der Waals surface area contributed by atoms with Gasteiger partial charge in [0.15, 0.2) is 9.84 Å². The topological polar surface area (TPSA) is 55.4 Å². The molecule has 1 N–H and O–H groups in total. The van der Waals surface area contributed by atoms with Crippen molar-refractivity contribution in [2.24, 2.45) is 0 Å². The molecule has 0 spiro atoms. The molecule has 2 unspecified atom stereocenters. The van der Waals surface area contributed by atoms with Crippen molar-refractivity contribution in [3.05, 3.63) is 24.3 Å². The van der Waals surface area contributed by atoms with Gasteiger partial charge >= 0.3 is 0 Å². The van der Waals surface area contributed by atoms with E-state index in [2.05, 4.69) is 12.2 Å². The molecular weight excluding hydrogens is 262 g/mol. The molecule has 1 aliphatic rings. The van der Waals surface area contributed by atoms with E-state index in [-0.39, 0.29) is 0 Å². The van der Waals surface area contributed by atoms with E-state index in [1.165, 1.54) is 6.26 Å². The summed E-state index contributed by atoms with van der Waals surface area (Å²) < 4.78 is 28.4. The zero-order valence-corrected chi connectivity index (χ0v) is 12.2. The lowest BCUT2D eigenvalue weighted by molar-refractivity contribution is 0.00925. The third-order valence-corrected chi connectivity index (χ3v) is 4.60. The van der Waals surface area contributed by atoms with Gasteiger partial charge in [0.25, 0.3) is 0 Å². The summed E-state index contributed by atoms with van der Waals surface area (Å²) in [5, 5.41) is 3.45. The molecule has 1 aromatic carbocycles. The molecule has 0 bridgehead atoms. The Balaban J connectivity index is 2.00. The second-order valence-electron chi connectivity index (χ2n) is 5.06. The standard InChI is InChI=1S/C14H21NO3S/c1-3-13-10-12(8-9-18-13)15-11-4-6-14(7-5-11)19(2,16)17/h4-7,12-13,15H,3,8-10H2,1-2H3. The molecule has 19 heavy (non-hydrogen) atoms. The van der Waals surface area contributed by atoms with Crippen molar-refractivity contribution in [2.45, 2.75) is 43.2 Å². The van der Waals surface area contributed by atoms with Crippen LogP contribution in [0, 0.1) is 0 Å². The van der Waals surface area contributed by atoms with Gasteiger partial charge in [-0.3, -0.25) is 0 Å². The molecule has 0 radical (unpaired) electrons. The van der Waals surface area contributed by atoms with Crippen molar-refractivity contribution in [3.8, 4) is 0 Å². The summed E-state index contributed by atoms with van der Waals surface area (Å²) in [6, 6.07) is 7.35. The van der Waals surface area contributed by atoms with Gasteiger partial charge in [-0.05, 0) is 43.5 Å². The quantitative estimate of drug-likeness (QED) is 0.922. The fourth-order valence-electron chi connectivity index (χ4n) is 2.33. The molecule has 0 aromatic heterocycles. The highest BCUT2D eigenvalue weighted by Gasteiger charge is 2.21. The maximum Gasteiger partial charge on any atom is 0.175 e. The number of rotatable bonds is 4. The Morgan fingerprint density at radius 3 is 2.58 bits per heavy atom. The lowest BCUT2D eigenvalue weighted by Gasteiger charge is -2.30. The summed E-state index contributed by atoms with van der Waals surface area (Å²) in [5.41, 5.74) is 0.967. The summed E-state index contributed by atoms with van der Waals surface area (Å²) >= 11 is 0. The van der Waals surface area contributed by atoms with Gasteiger partial charge < -0.3 is 10.1 Å². The molecule has 4 nitrogen and oxygen atoms in total. The highest BCUT2D eigenvalue weighted by atomic mass is 32.2. The normalized spacial score (nSPS) is 24.1. The number of nitrogens with one attached hydrogen (secondary N) is 1. The Labute approximate surface area is 115 Å². The largest absolute Gasteiger partial charge is 0.382 e. The van der Waals surface area contributed by atoms with Crippen molar-refractivity contribution in [2.75, 3.05) is 18.2 Å². The summed E-state index contributed by atoms with van der Waals surface area (Å²) in [5.74, 6) is 0. The Bertz CT molecular complexity index is 510. The predicted molar refractivity (Wildman–Crippen MR) is 76.2 cm³/mol. The number of anilines is 1. The number of benzene rings is 1. The first-order valence-corrected chi connectivity index (χ1v) is 8.56. The molecule has 1 aromatic rings. The second kappa shape index (κ2) is 5.92. The molecular formula is C14H21NO3S. The molecule has 1 aliphatic heterocycles. The summed E-state index contributed by atoms with van der Waals surface area (Å²) in [6.45, 7) is 2.92. The number of hydrogen-bond acceptors (Lipinski definition) is 4. The van der Waals surface area contributed by atoms with Gasteiger partial charge in [-0.2, -0.15) is 0 Å². The molecule has 1 heterocycles. The molecule has 0 aliphatic carbocycles. The van der Waals surface area contributed by atoms with Crippen LogP contribution in [0.1, 0.15) is 26.2 Å². The Kier molecular flexibility index (Phi) is 4.47. The van der Waals surface area contributed by atoms with Crippen LogP contribution in [-0.2, 0) is 14.6 Å². The van der Waals surface area contributed by atoms with Crippen molar-refractivity contribution in [1.29, 1.82) is 0 Å². The highest BCUT2D eigenvalue weighted by molar-refractivity contribution is 7.90. The molecule has 2 atom stereocenters. The van der Waals surface area contributed by atoms with E-state index in [0.29, 0.717) is 17.0 Å². The molecule has 1 fully saturated rings. The molecule has 5 heteroatoms.